The number of hydrogen-bond acceptors (Lipinski definition) is 2. The predicted molar refractivity (Wildman–Crippen MR) is 99.6 cm³/mol. The number of para-hydroxylation sites is 1. The average Bonchev–Trinajstić information content (AvgIpc) is 2.29. The molecule has 1 fully saturated rings. The first-order valence-electron chi connectivity index (χ1n) is 8.01. The first kappa shape index (κ1) is 17.2. The molecular weight excluding hydrogens is 290 g/mol. The zero-order valence-corrected chi connectivity index (χ0v) is 15.4. The second kappa shape index (κ2) is 6.17. The standard InChI is InChI=1S/C18H29N3S/c1-12-8-7-9-13(2)15(12)20-16(22)19-14-10-17(3,4)21-18(5,6)11-14/h7-9,14,21H,10-11H2,1-6H3,(H2,19,20,22). The van der Waals surface area contributed by atoms with Crippen LogP contribution in [0.5, 0.6) is 0 Å². The number of aryl methyl sites for hydroxylation is 2. The van der Waals surface area contributed by atoms with Crippen LogP contribution in [0.4, 0.5) is 5.69 Å². The van der Waals surface area contributed by atoms with Crippen molar-refractivity contribution in [1.29, 1.82) is 0 Å². The normalized spacial score (nSPS) is 20.5. The van der Waals surface area contributed by atoms with Crippen LogP contribution >= 0.6 is 12.2 Å². The van der Waals surface area contributed by atoms with Crippen LogP contribution in [-0.4, -0.2) is 22.2 Å². The lowest BCUT2D eigenvalue weighted by atomic mass is 9.80. The van der Waals surface area contributed by atoms with Gasteiger partial charge in [-0.15, -0.1) is 0 Å². The number of rotatable bonds is 2. The van der Waals surface area contributed by atoms with Crippen LogP contribution in [0.25, 0.3) is 0 Å². The number of anilines is 1. The van der Waals surface area contributed by atoms with Crippen LogP contribution < -0.4 is 16.0 Å². The summed E-state index contributed by atoms with van der Waals surface area (Å²) >= 11 is 5.54. The van der Waals surface area contributed by atoms with Crippen molar-refractivity contribution >= 4 is 23.0 Å². The van der Waals surface area contributed by atoms with Crippen LogP contribution in [0.3, 0.4) is 0 Å². The van der Waals surface area contributed by atoms with Gasteiger partial charge < -0.3 is 16.0 Å². The third-order valence-corrected chi connectivity index (χ3v) is 4.46. The molecule has 2 rings (SSSR count). The minimum Gasteiger partial charge on any atom is -0.360 e. The smallest absolute Gasteiger partial charge is 0.171 e. The van der Waals surface area contributed by atoms with Gasteiger partial charge in [0.15, 0.2) is 5.11 Å². The van der Waals surface area contributed by atoms with E-state index in [1.54, 1.807) is 0 Å². The molecule has 3 N–H and O–H groups in total. The molecule has 0 spiro atoms. The van der Waals surface area contributed by atoms with Gasteiger partial charge in [0.25, 0.3) is 0 Å². The third-order valence-electron chi connectivity index (χ3n) is 4.25. The van der Waals surface area contributed by atoms with E-state index in [0.29, 0.717) is 6.04 Å². The molecule has 0 saturated carbocycles. The second-order valence-corrected chi connectivity index (χ2v) is 8.27. The van der Waals surface area contributed by atoms with Gasteiger partial charge in [-0.1, -0.05) is 18.2 Å². The average molecular weight is 320 g/mol. The lowest BCUT2D eigenvalue weighted by Crippen LogP contribution is -2.62. The summed E-state index contributed by atoms with van der Waals surface area (Å²) in [5, 5.41) is 11.3. The number of nitrogens with one attached hydrogen (secondary N) is 3. The maximum absolute atomic E-state index is 5.54. The topological polar surface area (TPSA) is 36.1 Å². The fourth-order valence-electron chi connectivity index (χ4n) is 3.77. The quantitative estimate of drug-likeness (QED) is 0.723. The Hall–Kier alpha value is -1.13. The molecule has 1 aliphatic heterocycles. The molecule has 122 valence electrons. The molecule has 0 radical (unpaired) electrons. The first-order chi connectivity index (χ1) is 10.1. The molecule has 1 aromatic carbocycles. The van der Waals surface area contributed by atoms with E-state index in [1.165, 1.54) is 11.1 Å². The minimum absolute atomic E-state index is 0.119. The van der Waals surface area contributed by atoms with Crippen molar-refractivity contribution in [3.63, 3.8) is 0 Å². The highest BCUT2D eigenvalue weighted by molar-refractivity contribution is 7.80. The Labute approximate surface area is 140 Å². The Morgan fingerprint density at radius 3 is 2.09 bits per heavy atom. The Kier molecular flexibility index (Phi) is 4.83. The number of benzene rings is 1. The fraction of sp³-hybridized carbons (Fsp3) is 0.611. The van der Waals surface area contributed by atoms with Gasteiger partial charge in [0, 0.05) is 22.8 Å². The highest BCUT2D eigenvalue weighted by atomic mass is 32.1. The summed E-state index contributed by atoms with van der Waals surface area (Å²) in [6, 6.07) is 6.67. The molecule has 0 atom stereocenters. The summed E-state index contributed by atoms with van der Waals surface area (Å²) in [4.78, 5) is 0. The van der Waals surface area contributed by atoms with Gasteiger partial charge in [0.05, 0.1) is 0 Å². The lowest BCUT2D eigenvalue weighted by molar-refractivity contribution is 0.156. The van der Waals surface area contributed by atoms with Gasteiger partial charge in [-0.05, 0) is 77.7 Å². The molecule has 3 nitrogen and oxygen atoms in total. The maximum atomic E-state index is 5.54. The maximum Gasteiger partial charge on any atom is 0.171 e. The van der Waals surface area contributed by atoms with Crippen molar-refractivity contribution in [2.24, 2.45) is 0 Å². The van der Waals surface area contributed by atoms with Gasteiger partial charge in [0.2, 0.25) is 0 Å². The minimum atomic E-state index is 0.119. The second-order valence-electron chi connectivity index (χ2n) is 7.86. The summed E-state index contributed by atoms with van der Waals surface area (Å²) in [5.74, 6) is 0. The third kappa shape index (κ3) is 4.43. The molecule has 22 heavy (non-hydrogen) atoms. The largest absolute Gasteiger partial charge is 0.360 e. The zero-order valence-electron chi connectivity index (χ0n) is 14.6. The monoisotopic (exact) mass is 319 g/mol. The molecule has 1 aromatic rings. The van der Waals surface area contributed by atoms with Crippen LogP contribution in [0, 0.1) is 13.8 Å². The summed E-state index contributed by atoms with van der Waals surface area (Å²) in [6.45, 7) is 13.2. The van der Waals surface area contributed by atoms with E-state index in [9.17, 15) is 0 Å². The van der Waals surface area contributed by atoms with Crippen LogP contribution in [0.2, 0.25) is 0 Å². The number of thiocarbonyl (C=S) groups is 1. The van der Waals surface area contributed by atoms with Crippen molar-refractivity contribution in [2.75, 3.05) is 5.32 Å². The summed E-state index contributed by atoms with van der Waals surface area (Å²) < 4.78 is 0. The number of piperidine rings is 1. The first-order valence-corrected chi connectivity index (χ1v) is 8.42. The molecule has 1 saturated heterocycles. The summed E-state index contributed by atoms with van der Waals surface area (Å²) in [7, 11) is 0. The van der Waals surface area contributed by atoms with Crippen LogP contribution in [0.1, 0.15) is 51.7 Å². The van der Waals surface area contributed by atoms with Crippen LogP contribution in [-0.2, 0) is 0 Å². The Balaban J connectivity index is 2.03. The van der Waals surface area contributed by atoms with Crippen molar-refractivity contribution in [1.82, 2.24) is 10.6 Å². The van der Waals surface area contributed by atoms with E-state index < -0.39 is 0 Å². The van der Waals surface area contributed by atoms with E-state index >= 15 is 0 Å². The van der Waals surface area contributed by atoms with Crippen molar-refractivity contribution in [3.8, 4) is 0 Å². The van der Waals surface area contributed by atoms with Gasteiger partial charge in [0.1, 0.15) is 0 Å². The molecule has 4 heteroatoms. The summed E-state index contributed by atoms with van der Waals surface area (Å²) in [5.41, 5.74) is 3.79. The van der Waals surface area contributed by atoms with Gasteiger partial charge >= 0.3 is 0 Å². The Morgan fingerprint density at radius 1 is 1.09 bits per heavy atom. The van der Waals surface area contributed by atoms with Gasteiger partial charge in [-0.25, -0.2) is 0 Å². The van der Waals surface area contributed by atoms with E-state index in [4.69, 9.17) is 12.2 Å². The van der Waals surface area contributed by atoms with Crippen molar-refractivity contribution in [3.05, 3.63) is 29.3 Å². The molecule has 1 heterocycles. The zero-order chi connectivity index (χ0) is 16.5. The van der Waals surface area contributed by atoms with Gasteiger partial charge in [-0.2, -0.15) is 0 Å². The van der Waals surface area contributed by atoms with E-state index in [1.807, 2.05) is 0 Å². The Bertz CT molecular complexity index is 527. The molecule has 1 aliphatic rings. The van der Waals surface area contributed by atoms with Crippen molar-refractivity contribution < 1.29 is 0 Å². The molecule has 0 amide bonds. The van der Waals surface area contributed by atoms with Crippen molar-refractivity contribution in [2.45, 2.75) is 71.5 Å². The Morgan fingerprint density at radius 2 is 1.59 bits per heavy atom. The fourth-order valence-corrected chi connectivity index (χ4v) is 4.04. The lowest BCUT2D eigenvalue weighted by Gasteiger charge is -2.46. The van der Waals surface area contributed by atoms with Crippen LogP contribution in [0.15, 0.2) is 18.2 Å². The predicted octanol–water partition coefficient (Wildman–Crippen LogP) is 3.90. The molecule has 0 aliphatic carbocycles. The summed E-state index contributed by atoms with van der Waals surface area (Å²) in [6.07, 6.45) is 2.12. The highest BCUT2D eigenvalue weighted by Crippen LogP contribution is 2.28. The molecule has 0 unspecified atom stereocenters. The SMILES string of the molecule is Cc1cccc(C)c1NC(=S)NC1CC(C)(C)NC(C)(C)C1. The van der Waals surface area contributed by atoms with E-state index in [-0.39, 0.29) is 11.1 Å². The molecule has 0 bridgehead atoms. The van der Waals surface area contributed by atoms with E-state index in [0.717, 1.165) is 23.6 Å². The van der Waals surface area contributed by atoms with Gasteiger partial charge in [-0.3, -0.25) is 0 Å². The molecule has 0 aromatic heterocycles. The number of hydrogen-bond donors (Lipinski definition) is 3. The highest BCUT2D eigenvalue weighted by Gasteiger charge is 2.37. The molecular formula is C18H29N3S. The van der Waals surface area contributed by atoms with E-state index in [2.05, 4.69) is 75.7 Å².